The molecule has 1 heterocycles. The zero-order valence-electron chi connectivity index (χ0n) is 23.1. The summed E-state index contributed by atoms with van der Waals surface area (Å²) in [6.45, 7) is 14.5. The van der Waals surface area contributed by atoms with Crippen molar-refractivity contribution >= 4 is 11.8 Å². The molecule has 1 saturated carbocycles. The molecule has 8 heteroatoms. The number of hydrogen-bond acceptors (Lipinski definition) is 8. The van der Waals surface area contributed by atoms with E-state index in [-0.39, 0.29) is 23.7 Å². The van der Waals surface area contributed by atoms with Crippen LogP contribution in [0.1, 0.15) is 52.9 Å². The van der Waals surface area contributed by atoms with Crippen LogP contribution in [0, 0.1) is 16.7 Å². The van der Waals surface area contributed by atoms with Crippen molar-refractivity contribution in [3.8, 4) is 0 Å². The molecule has 0 radical (unpaired) electrons. The lowest BCUT2D eigenvalue weighted by Gasteiger charge is -2.53. The summed E-state index contributed by atoms with van der Waals surface area (Å²) >= 11 is 0. The summed E-state index contributed by atoms with van der Waals surface area (Å²) in [6.07, 6.45) is 5.71. The fraction of sp³-hybridized carbons (Fsp3) is 0.600. The highest BCUT2D eigenvalue weighted by atomic mass is 16.6. The molecule has 4 aliphatic rings. The van der Waals surface area contributed by atoms with E-state index in [2.05, 4.69) is 18.5 Å². The minimum Gasteiger partial charge on any atom is -0.504 e. The smallest absolute Gasteiger partial charge is 0.338 e. The zero-order valence-corrected chi connectivity index (χ0v) is 23.1. The van der Waals surface area contributed by atoms with E-state index in [1.54, 1.807) is 6.08 Å². The lowest BCUT2D eigenvalue weighted by atomic mass is 9.53. The van der Waals surface area contributed by atoms with E-state index in [4.69, 9.17) is 9.47 Å². The highest BCUT2D eigenvalue weighted by Gasteiger charge is 2.63. The molecule has 0 bridgehead atoms. The molecule has 6 unspecified atom stereocenters. The maximum atomic E-state index is 13.5. The third-order valence-corrected chi connectivity index (χ3v) is 8.58. The van der Waals surface area contributed by atoms with Crippen LogP contribution in [0.5, 0.6) is 0 Å². The first kappa shape index (κ1) is 30.0. The van der Waals surface area contributed by atoms with Crippen molar-refractivity contribution in [1.29, 1.82) is 0 Å². The Morgan fingerprint density at radius 1 is 1.16 bits per heavy atom. The van der Waals surface area contributed by atoms with Crippen LogP contribution >= 0.6 is 0 Å². The maximum absolute atomic E-state index is 13.5. The second-order valence-corrected chi connectivity index (χ2v) is 10.9. The molecule has 0 aromatic carbocycles. The highest BCUT2D eigenvalue weighted by molar-refractivity contribution is 6.13. The molecule has 4 rings (SSSR count). The number of Topliss-reactive ketones (excluding diaryl/α,β-unsaturated/α-hetero) is 1. The summed E-state index contributed by atoms with van der Waals surface area (Å²) in [5.74, 6) is -1.89. The van der Waals surface area contributed by atoms with Crippen LogP contribution in [-0.2, 0) is 19.1 Å². The summed E-state index contributed by atoms with van der Waals surface area (Å²) in [5.41, 5.74) is -0.476. The molecule has 4 N–H and O–H groups in total. The van der Waals surface area contributed by atoms with Gasteiger partial charge < -0.3 is 30.1 Å². The Balaban J connectivity index is 0.000000505. The van der Waals surface area contributed by atoms with Crippen molar-refractivity contribution < 1.29 is 34.4 Å². The van der Waals surface area contributed by atoms with Gasteiger partial charge in [-0.25, -0.2) is 4.79 Å². The van der Waals surface area contributed by atoms with E-state index >= 15 is 0 Å². The SMILES string of the molecule is C=CCNCC=C.CCC/C=C1/C(=O)OC(COC)C2(C)C1=C(O)C(=O)C1=C2C(O)CC2(C)C(O)CCC12. The van der Waals surface area contributed by atoms with E-state index in [1.165, 1.54) is 7.11 Å². The predicted molar refractivity (Wildman–Crippen MR) is 145 cm³/mol. The third kappa shape index (κ3) is 4.95. The van der Waals surface area contributed by atoms with Crippen molar-refractivity contribution in [2.24, 2.45) is 16.7 Å². The first-order valence-corrected chi connectivity index (χ1v) is 13.5. The molecule has 0 spiro atoms. The Morgan fingerprint density at radius 2 is 1.82 bits per heavy atom. The largest absolute Gasteiger partial charge is 0.504 e. The van der Waals surface area contributed by atoms with Crippen LogP contribution in [0.3, 0.4) is 0 Å². The molecule has 2 fully saturated rings. The summed E-state index contributed by atoms with van der Waals surface area (Å²) in [4.78, 5) is 26.4. The quantitative estimate of drug-likeness (QED) is 0.163. The minimum atomic E-state index is -1.11. The number of carbonyl (C=O) groups excluding carboxylic acids is 2. The molecule has 210 valence electrons. The van der Waals surface area contributed by atoms with Crippen LogP contribution in [0.4, 0.5) is 0 Å². The first-order chi connectivity index (χ1) is 18.0. The summed E-state index contributed by atoms with van der Waals surface area (Å²) < 4.78 is 11.1. The zero-order chi connectivity index (χ0) is 28.3. The lowest BCUT2D eigenvalue weighted by Crippen LogP contribution is -2.56. The Kier molecular flexibility index (Phi) is 9.57. The van der Waals surface area contributed by atoms with Gasteiger partial charge in [0.1, 0.15) is 6.10 Å². The number of unbranched alkanes of at least 4 members (excludes halogenated alkanes) is 1. The van der Waals surface area contributed by atoms with E-state index in [0.29, 0.717) is 36.8 Å². The molecule has 0 aromatic heterocycles. The van der Waals surface area contributed by atoms with Crippen LogP contribution in [0.2, 0.25) is 0 Å². The number of fused-ring (bicyclic) bond motifs is 4. The molecule has 1 aliphatic heterocycles. The third-order valence-electron chi connectivity index (χ3n) is 8.58. The second-order valence-electron chi connectivity index (χ2n) is 10.9. The number of aliphatic hydroxyl groups is 3. The summed E-state index contributed by atoms with van der Waals surface area (Å²) in [6, 6.07) is 0. The predicted octanol–water partition coefficient (Wildman–Crippen LogP) is 3.47. The van der Waals surface area contributed by atoms with Crippen molar-refractivity contribution in [3.05, 3.63) is 59.4 Å². The Morgan fingerprint density at radius 3 is 2.39 bits per heavy atom. The number of aliphatic hydroxyl groups excluding tert-OH is 3. The van der Waals surface area contributed by atoms with Crippen LogP contribution in [0.25, 0.3) is 0 Å². The number of methoxy groups -OCH3 is 1. The van der Waals surface area contributed by atoms with Gasteiger partial charge in [-0.05, 0) is 44.1 Å². The molecule has 3 aliphatic carbocycles. The fourth-order valence-electron chi connectivity index (χ4n) is 6.65. The van der Waals surface area contributed by atoms with Gasteiger partial charge >= 0.3 is 5.97 Å². The topological polar surface area (TPSA) is 125 Å². The normalized spacial score (nSPS) is 35.2. The molecule has 6 atom stereocenters. The Labute approximate surface area is 225 Å². The van der Waals surface area contributed by atoms with Crippen molar-refractivity contribution in [2.75, 3.05) is 26.8 Å². The molecular formula is C30H43NO7. The number of ether oxygens (including phenoxy) is 2. The van der Waals surface area contributed by atoms with Gasteiger partial charge in [0.15, 0.2) is 5.76 Å². The number of ketones is 1. The fourth-order valence-corrected chi connectivity index (χ4v) is 6.65. The average molecular weight is 530 g/mol. The number of rotatable bonds is 8. The standard InChI is InChI=1S/C24H32O7.C6H11N/c1-5-6-7-12-18-21(28)20(27)17-13-8-9-15(26)23(13,2)10-14(25)19(17)24(18,3)16(11-30-4)31-22(12)29;1-3-5-7-6-4-2/h7,13-16,25-26,28H,5-6,8-11H2,1-4H3;3-4,7H,1-2,5-6H2/b12-7+;. The number of allylic oxidation sites excluding steroid dienone is 2. The van der Waals surface area contributed by atoms with Gasteiger partial charge in [-0.2, -0.15) is 0 Å². The van der Waals surface area contributed by atoms with E-state index in [1.807, 2.05) is 32.9 Å². The molecule has 0 aromatic rings. The van der Waals surface area contributed by atoms with Crippen molar-refractivity contribution in [1.82, 2.24) is 5.32 Å². The number of cyclic esters (lactones) is 1. The second kappa shape index (κ2) is 12.1. The van der Waals surface area contributed by atoms with Gasteiger partial charge in [0, 0.05) is 36.8 Å². The van der Waals surface area contributed by atoms with E-state index in [0.717, 1.165) is 19.5 Å². The van der Waals surface area contributed by atoms with Crippen LogP contribution in [0.15, 0.2) is 59.4 Å². The number of hydrogen-bond donors (Lipinski definition) is 4. The minimum absolute atomic E-state index is 0.0579. The molecular weight excluding hydrogens is 486 g/mol. The highest BCUT2D eigenvalue weighted by Crippen LogP contribution is 2.62. The van der Waals surface area contributed by atoms with Crippen LogP contribution < -0.4 is 5.32 Å². The number of nitrogens with one attached hydrogen (secondary N) is 1. The summed E-state index contributed by atoms with van der Waals surface area (Å²) in [5, 5.41) is 36.2. The van der Waals surface area contributed by atoms with Crippen molar-refractivity contribution in [2.45, 2.75) is 71.2 Å². The number of esters is 1. The van der Waals surface area contributed by atoms with Crippen molar-refractivity contribution in [3.63, 3.8) is 0 Å². The first-order valence-electron chi connectivity index (χ1n) is 13.5. The molecule has 8 nitrogen and oxygen atoms in total. The van der Waals surface area contributed by atoms with Gasteiger partial charge in [0.25, 0.3) is 0 Å². The summed E-state index contributed by atoms with van der Waals surface area (Å²) in [7, 11) is 1.49. The molecule has 38 heavy (non-hydrogen) atoms. The molecule has 0 amide bonds. The number of carbonyl (C=O) groups is 2. The van der Waals surface area contributed by atoms with Gasteiger partial charge in [-0.3, -0.25) is 4.79 Å². The maximum Gasteiger partial charge on any atom is 0.338 e. The Hall–Kier alpha value is -2.52. The van der Waals surface area contributed by atoms with E-state index in [9.17, 15) is 24.9 Å². The van der Waals surface area contributed by atoms with E-state index < -0.39 is 46.7 Å². The van der Waals surface area contributed by atoms with Gasteiger partial charge in [0.05, 0.1) is 29.8 Å². The average Bonchev–Trinajstić information content (AvgIpc) is 3.17. The monoisotopic (exact) mass is 529 g/mol. The van der Waals surface area contributed by atoms with Gasteiger partial charge in [0.2, 0.25) is 5.78 Å². The van der Waals surface area contributed by atoms with Crippen LogP contribution in [-0.4, -0.2) is 72.2 Å². The van der Waals surface area contributed by atoms with Gasteiger partial charge in [-0.1, -0.05) is 38.5 Å². The molecule has 1 saturated heterocycles. The Bertz CT molecular complexity index is 1050. The lowest BCUT2D eigenvalue weighted by molar-refractivity contribution is -0.157. The van der Waals surface area contributed by atoms with Gasteiger partial charge in [-0.15, -0.1) is 13.2 Å².